The van der Waals surface area contributed by atoms with E-state index in [0.717, 1.165) is 5.56 Å². The Morgan fingerprint density at radius 3 is 2.30 bits per heavy atom. The zero-order valence-electron chi connectivity index (χ0n) is 17.5. The highest BCUT2D eigenvalue weighted by Crippen LogP contribution is 2.39. The van der Waals surface area contributed by atoms with Gasteiger partial charge in [-0.1, -0.05) is 58.0 Å². The van der Waals surface area contributed by atoms with Crippen molar-refractivity contribution in [3.05, 3.63) is 35.9 Å². The number of carbonyl (C=O) groups is 2. The van der Waals surface area contributed by atoms with Crippen molar-refractivity contribution >= 4 is 20.2 Å². The summed E-state index contributed by atoms with van der Waals surface area (Å²) in [6.07, 6.45) is -0.277. The van der Waals surface area contributed by atoms with Gasteiger partial charge < -0.3 is 14.5 Å². The third-order valence-electron chi connectivity index (χ3n) is 5.84. The molecule has 1 aliphatic heterocycles. The molecule has 1 heterocycles. The molecule has 0 spiro atoms. The molecule has 0 bridgehead atoms. The van der Waals surface area contributed by atoms with Gasteiger partial charge in [0.15, 0.2) is 14.5 Å². The Bertz CT molecular complexity index is 669. The van der Waals surface area contributed by atoms with Crippen LogP contribution in [0.1, 0.15) is 52.5 Å². The quantitative estimate of drug-likeness (QED) is 0.430. The Kier molecular flexibility index (Phi) is 6.53. The lowest BCUT2D eigenvalue weighted by molar-refractivity contribution is -0.176. The highest BCUT2D eigenvalue weighted by molar-refractivity contribution is 6.74. The van der Waals surface area contributed by atoms with E-state index in [9.17, 15) is 9.59 Å². The molecule has 0 saturated carbocycles. The van der Waals surface area contributed by atoms with Crippen molar-refractivity contribution in [2.24, 2.45) is 5.92 Å². The molecule has 1 saturated heterocycles. The van der Waals surface area contributed by atoms with Crippen molar-refractivity contribution in [1.82, 2.24) is 5.32 Å². The molecule has 1 aromatic rings. The van der Waals surface area contributed by atoms with Crippen LogP contribution in [0.4, 0.5) is 0 Å². The van der Waals surface area contributed by atoms with Crippen LogP contribution in [0.5, 0.6) is 0 Å². The molecule has 2 rings (SSSR count). The number of nitrogens with one attached hydrogen (secondary N) is 1. The van der Waals surface area contributed by atoms with Gasteiger partial charge in [0.05, 0.1) is 12.0 Å². The molecule has 5 nitrogen and oxygen atoms in total. The van der Waals surface area contributed by atoms with Gasteiger partial charge in [-0.2, -0.15) is 0 Å². The predicted octanol–water partition coefficient (Wildman–Crippen LogP) is 4.21. The number of benzene rings is 1. The smallest absolute Gasteiger partial charge is 0.315 e. The van der Waals surface area contributed by atoms with Crippen LogP contribution in [-0.2, 0) is 18.8 Å². The number of β-lactam (4-membered cyclic amide) rings is 1. The van der Waals surface area contributed by atoms with E-state index < -0.39 is 20.5 Å². The summed E-state index contributed by atoms with van der Waals surface area (Å²) in [7, 11) is -2.01. The van der Waals surface area contributed by atoms with Gasteiger partial charge in [-0.3, -0.25) is 9.59 Å². The number of carbonyl (C=O) groups excluding carboxylic acids is 2. The monoisotopic (exact) mass is 391 g/mol. The largest absolute Gasteiger partial charge is 0.440 e. The second-order valence-electron chi connectivity index (χ2n) is 8.85. The molecular weight excluding hydrogens is 358 g/mol. The zero-order valence-corrected chi connectivity index (χ0v) is 18.5. The lowest BCUT2D eigenvalue weighted by atomic mass is 9.92. The molecule has 1 amide bonds. The molecule has 1 unspecified atom stereocenters. The molecule has 1 fully saturated rings. The lowest BCUT2D eigenvalue weighted by Crippen LogP contribution is -2.65. The highest BCUT2D eigenvalue weighted by atomic mass is 28.4. The van der Waals surface area contributed by atoms with Crippen molar-refractivity contribution in [3.63, 3.8) is 0 Å². The Balaban J connectivity index is 2.04. The summed E-state index contributed by atoms with van der Waals surface area (Å²) < 4.78 is 12.0. The predicted molar refractivity (Wildman–Crippen MR) is 109 cm³/mol. The van der Waals surface area contributed by atoms with E-state index in [1.165, 1.54) is 0 Å². The van der Waals surface area contributed by atoms with Gasteiger partial charge in [-0.25, -0.2) is 0 Å². The van der Waals surface area contributed by atoms with Crippen molar-refractivity contribution in [2.45, 2.75) is 77.4 Å². The average molecular weight is 392 g/mol. The average Bonchev–Trinajstić information content (AvgIpc) is 2.54. The van der Waals surface area contributed by atoms with E-state index in [4.69, 9.17) is 9.16 Å². The first-order valence-corrected chi connectivity index (χ1v) is 12.6. The van der Waals surface area contributed by atoms with Gasteiger partial charge in [0, 0.05) is 0 Å². The lowest BCUT2D eigenvalue weighted by Gasteiger charge is -2.44. The maximum atomic E-state index is 12.7. The van der Waals surface area contributed by atoms with Crippen LogP contribution in [0.2, 0.25) is 18.1 Å². The normalized spacial score (nSPS) is 22.4. The third kappa shape index (κ3) is 4.79. The van der Waals surface area contributed by atoms with Crippen LogP contribution in [0.3, 0.4) is 0 Å². The summed E-state index contributed by atoms with van der Waals surface area (Å²) >= 11 is 0. The number of esters is 1. The van der Waals surface area contributed by atoms with Gasteiger partial charge in [-0.05, 0) is 37.0 Å². The minimum Gasteiger partial charge on any atom is -0.440 e. The summed E-state index contributed by atoms with van der Waals surface area (Å²) in [6.45, 7) is 14.7. The molecule has 4 atom stereocenters. The fraction of sp³-hybridized carbons (Fsp3) is 0.619. The Hall–Kier alpha value is -1.66. The molecular formula is C21H33NO4Si. The summed E-state index contributed by atoms with van der Waals surface area (Å²) in [6, 6.07) is 9.59. The van der Waals surface area contributed by atoms with E-state index in [2.05, 4.69) is 39.2 Å². The van der Waals surface area contributed by atoms with Gasteiger partial charge in [0.2, 0.25) is 5.91 Å². The van der Waals surface area contributed by atoms with E-state index >= 15 is 0 Å². The molecule has 1 aromatic carbocycles. The van der Waals surface area contributed by atoms with E-state index in [1.807, 2.05) is 44.2 Å². The SMILES string of the molecule is CCC(C(=O)O[C@H]1NC(=O)[C@@H]1[C@@H](C)O[Si](C)(C)C(C)(C)C)c1ccccc1. The molecule has 0 aliphatic carbocycles. The maximum Gasteiger partial charge on any atom is 0.315 e. The zero-order chi connectivity index (χ0) is 20.4. The fourth-order valence-corrected chi connectivity index (χ4v) is 4.51. The first-order valence-electron chi connectivity index (χ1n) is 9.71. The Labute approximate surface area is 164 Å². The topological polar surface area (TPSA) is 64.6 Å². The van der Waals surface area contributed by atoms with Crippen molar-refractivity contribution in [2.75, 3.05) is 0 Å². The molecule has 6 heteroatoms. The summed E-state index contributed by atoms with van der Waals surface area (Å²) in [4.78, 5) is 24.8. The van der Waals surface area contributed by atoms with E-state index in [-0.39, 0.29) is 28.9 Å². The molecule has 1 N–H and O–H groups in total. The van der Waals surface area contributed by atoms with E-state index in [0.29, 0.717) is 6.42 Å². The molecule has 1 aliphatic rings. The van der Waals surface area contributed by atoms with Gasteiger partial charge in [0.1, 0.15) is 5.92 Å². The minimum atomic E-state index is -2.01. The minimum absolute atomic E-state index is 0.0499. The van der Waals surface area contributed by atoms with Crippen molar-refractivity contribution in [1.29, 1.82) is 0 Å². The number of hydrogen-bond acceptors (Lipinski definition) is 4. The first-order chi connectivity index (χ1) is 12.5. The van der Waals surface area contributed by atoms with Crippen molar-refractivity contribution in [3.8, 4) is 0 Å². The van der Waals surface area contributed by atoms with Crippen LogP contribution < -0.4 is 5.32 Å². The van der Waals surface area contributed by atoms with Crippen molar-refractivity contribution < 1.29 is 18.8 Å². The third-order valence-corrected chi connectivity index (χ3v) is 10.4. The van der Waals surface area contributed by atoms with Gasteiger partial charge in [0.25, 0.3) is 0 Å². The van der Waals surface area contributed by atoms with Gasteiger partial charge >= 0.3 is 5.97 Å². The highest BCUT2D eigenvalue weighted by Gasteiger charge is 2.49. The second kappa shape index (κ2) is 8.15. The fourth-order valence-electron chi connectivity index (χ4n) is 3.08. The van der Waals surface area contributed by atoms with Crippen LogP contribution in [0.25, 0.3) is 0 Å². The molecule has 0 radical (unpaired) electrons. The van der Waals surface area contributed by atoms with Crippen LogP contribution >= 0.6 is 0 Å². The number of hydrogen-bond donors (Lipinski definition) is 1. The Morgan fingerprint density at radius 2 is 1.81 bits per heavy atom. The van der Waals surface area contributed by atoms with Gasteiger partial charge in [-0.15, -0.1) is 0 Å². The number of ether oxygens (including phenoxy) is 1. The summed E-state index contributed by atoms with van der Waals surface area (Å²) in [5, 5.41) is 2.76. The maximum absolute atomic E-state index is 12.7. The van der Waals surface area contributed by atoms with Crippen LogP contribution in [-0.4, -0.2) is 32.5 Å². The summed E-state index contributed by atoms with van der Waals surface area (Å²) in [5.41, 5.74) is 0.928. The molecule has 0 aromatic heterocycles. The number of amides is 1. The second-order valence-corrected chi connectivity index (χ2v) is 13.6. The summed E-state index contributed by atoms with van der Waals surface area (Å²) in [5.74, 6) is -1.22. The molecule has 150 valence electrons. The first kappa shape index (κ1) is 21.6. The van der Waals surface area contributed by atoms with Crippen LogP contribution in [0, 0.1) is 5.92 Å². The van der Waals surface area contributed by atoms with Crippen LogP contribution in [0.15, 0.2) is 30.3 Å². The Morgan fingerprint density at radius 1 is 1.22 bits per heavy atom. The standard InChI is InChI=1S/C21H33NO4Si/c1-8-16(15-12-10-9-11-13-15)20(24)25-19-17(18(23)22-19)14(2)26-27(6,7)21(3,4)5/h9-14,16-17,19H,8H2,1-7H3,(H,22,23)/t14-,16?,17+,19-/m1/s1. The van der Waals surface area contributed by atoms with E-state index in [1.54, 1.807) is 0 Å². The number of rotatable bonds is 7. The molecule has 27 heavy (non-hydrogen) atoms.